The van der Waals surface area contributed by atoms with Crippen molar-refractivity contribution in [3.05, 3.63) is 77.6 Å². The first-order valence-electron chi connectivity index (χ1n) is 9.20. The van der Waals surface area contributed by atoms with Crippen molar-refractivity contribution in [3.63, 3.8) is 0 Å². The van der Waals surface area contributed by atoms with Crippen LogP contribution in [0, 0.1) is 0 Å². The monoisotopic (exact) mass is 376 g/mol. The molecule has 2 unspecified atom stereocenters. The van der Waals surface area contributed by atoms with Crippen LogP contribution in [0.1, 0.15) is 28.9 Å². The molecule has 2 aromatic carbocycles. The van der Waals surface area contributed by atoms with Crippen molar-refractivity contribution in [2.24, 2.45) is 0 Å². The van der Waals surface area contributed by atoms with Crippen molar-refractivity contribution in [3.8, 4) is 17.2 Å². The van der Waals surface area contributed by atoms with Crippen LogP contribution in [0.2, 0.25) is 0 Å². The third-order valence-electron chi connectivity index (χ3n) is 5.51. The van der Waals surface area contributed by atoms with Gasteiger partial charge in [-0.15, -0.1) is 0 Å². The molecule has 3 heterocycles. The maximum absolute atomic E-state index is 12.3. The zero-order valence-corrected chi connectivity index (χ0v) is 15.4. The summed E-state index contributed by atoms with van der Waals surface area (Å²) in [5.74, 6) is 2.22. The summed E-state index contributed by atoms with van der Waals surface area (Å²) in [6.07, 6.45) is 2.99. The number of carbonyl (C=O) groups excluding carboxylic acids is 1. The zero-order valence-electron chi connectivity index (χ0n) is 15.4. The van der Waals surface area contributed by atoms with E-state index < -0.39 is 0 Å². The quantitative estimate of drug-likeness (QED) is 0.654. The van der Waals surface area contributed by atoms with Crippen molar-refractivity contribution >= 4 is 6.41 Å². The number of aromatic nitrogens is 1. The molecule has 0 spiro atoms. The average molecular weight is 376 g/mol. The van der Waals surface area contributed by atoms with Gasteiger partial charge in [0.15, 0.2) is 11.5 Å². The Kier molecular flexibility index (Phi) is 3.97. The van der Waals surface area contributed by atoms with Gasteiger partial charge in [-0.2, -0.15) is 0 Å². The number of hydrogen-bond acceptors (Lipinski definition) is 4. The highest BCUT2D eigenvalue weighted by atomic mass is 16.7. The van der Waals surface area contributed by atoms with Crippen LogP contribution in [-0.4, -0.2) is 29.8 Å². The second-order valence-corrected chi connectivity index (χ2v) is 6.91. The molecular weight excluding hydrogens is 356 g/mol. The Morgan fingerprint density at radius 1 is 1.07 bits per heavy atom. The Morgan fingerprint density at radius 3 is 2.79 bits per heavy atom. The number of carbonyl (C=O) groups is 1. The fourth-order valence-corrected chi connectivity index (χ4v) is 4.20. The molecule has 28 heavy (non-hydrogen) atoms. The van der Waals surface area contributed by atoms with Gasteiger partial charge in [-0.1, -0.05) is 24.3 Å². The van der Waals surface area contributed by atoms with Crippen molar-refractivity contribution in [2.45, 2.75) is 18.6 Å². The van der Waals surface area contributed by atoms with Gasteiger partial charge in [0, 0.05) is 24.0 Å². The van der Waals surface area contributed by atoms with E-state index in [0.717, 1.165) is 40.5 Å². The molecule has 0 N–H and O–H groups in total. The largest absolute Gasteiger partial charge is 0.496 e. The van der Waals surface area contributed by atoms with E-state index in [-0.39, 0.29) is 18.9 Å². The third kappa shape index (κ3) is 2.52. The van der Waals surface area contributed by atoms with Gasteiger partial charge in [0.1, 0.15) is 11.8 Å². The molecule has 5 rings (SSSR count). The number of para-hydroxylation sites is 1. The van der Waals surface area contributed by atoms with Gasteiger partial charge in [-0.05, 0) is 35.9 Å². The zero-order chi connectivity index (χ0) is 19.1. The standard InChI is InChI=1S/C22H20N2O4/c1-26-19-7-3-2-5-16(19)22-17-6-4-10-23(17)12-18(24(22)13-25)15-8-9-20-21(11-15)28-14-27-20/h2-11,13,18,22H,12,14H2,1H3. The van der Waals surface area contributed by atoms with Crippen LogP contribution >= 0.6 is 0 Å². The SMILES string of the molecule is COc1ccccc1C1c2cccn2CC(c2ccc3c(c2)OCO3)N1C=O. The Bertz CT molecular complexity index is 1030. The highest BCUT2D eigenvalue weighted by Crippen LogP contribution is 2.44. The van der Waals surface area contributed by atoms with E-state index in [1.165, 1.54) is 0 Å². The van der Waals surface area contributed by atoms with E-state index in [0.29, 0.717) is 6.54 Å². The number of fused-ring (bicyclic) bond motifs is 2. The van der Waals surface area contributed by atoms with Crippen LogP contribution in [0.5, 0.6) is 17.2 Å². The molecule has 0 radical (unpaired) electrons. The van der Waals surface area contributed by atoms with Gasteiger partial charge in [0.25, 0.3) is 0 Å². The summed E-state index contributed by atoms with van der Waals surface area (Å²) >= 11 is 0. The Hall–Kier alpha value is -3.41. The summed E-state index contributed by atoms with van der Waals surface area (Å²) in [4.78, 5) is 14.2. The lowest BCUT2D eigenvalue weighted by Crippen LogP contribution is -2.40. The lowest BCUT2D eigenvalue weighted by Gasteiger charge is -2.41. The van der Waals surface area contributed by atoms with E-state index in [2.05, 4.69) is 16.8 Å². The highest BCUT2D eigenvalue weighted by Gasteiger charge is 2.37. The van der Waals surface area contributed by atoms with Gasteiger partial charge >= 0.3 is 0 Å². The van der Waals surface area contributed by atoms with E-state index in [9.17, 15) is 4.79 Å². The molecule has 0 saturated heterocycles. The maximum atomic E-state index is 12.3. The molecule has 3 aromatic rings. The number of benzene rings is 2. The molecule has 0 aliphatic carbocycles. The number of ether oxygens (including phenoxy) is 3. The minimum absolute atomic E-state index is 0.137. The van der Waals surface area contributed by atoms with Gasteiger partial charge in [0.05, 0.1) is 13.2 Å². The molecular formula is C22H20N2O4. The van der Waals surface area contributed by atoms with Crippen LogP contribution in [0.15, 0.2) is 60.8 Å². The van der Waals surface area contributed by atoms with Crippen LogP contribution in [0.4, 0.5) is 0 Å². The molecule has 6 nitrogen and oxygen atoms in total. The Labute approximate surface area is 162 Å². The maximum Gasteiger partial charge on any atom is 0.231 e. The summed E-state index contributed by atoms with van der Waals surface area (Å²) in [6.45, 7) is 0.902. The van der Waals surface area contributed by atoms with Crippen LogP contribution in [0.25, 0.3) is 0 Å². The van der Waals surface area contributed by atoms with E-state index in [4.69, 9.17) is 14.2 Å². The topological polar surface area (TPSA) is 52.9 Å². The number of methoxy groups -OCH3 is 1. The second-order valence-electron chi connectivity index (χ2n) is 6.91. The molecule has 142 valence electrons. The Morgan fingerprint density at radius 2 is 1.93 bits per heavy atom. The molecule has 1 amide bonds. The first-order chi connectivity index (χ1) is 13.8. The third-order valence-corrected chi connectivity index (χ3v) is 5.51. The fourth-order valence-electron chi connectivity index (χ4n) is 4.20. The number of rotatable bonds is 4. The summed E-state index contributed by atoms with van der Waals surface area (Å²) in [6, 6.07) is 17.4. The van der Waals surface area contributed by atoms with E-state index >= 15 is 0 Å². The van der Waals surface area contributed by atoms with Crippen LogP contribution in [-0.2, 0) is 11.3 Å². The molecule has 1 aromatic heterocycles. The molecule has 6 heteroatoms. The van der Waals surface area contributed by atoms with Crippen molar-refractivity contribution in [2.75, 3.05) is 13.9 Å². The molecule has 2 aliphatic rings. The summed E-state index contributed by atoms with van der Waals surface area (Å²) in [5.41, 5.74) is 3.03. The molecule has 0 bridgehead atoms. The van der Waals surface area contributed by atoms with Gasteiger partial charge in [0.2, 0.25) is 13.2 Å². The lowest BCUT2D eigenvalue weighted by atomic mass is 9.94. The van der Waals surface area contributed by atoms with Gasteiger partial charge < -0.3 is 23.7 Å². The van der Waals surface area contributed by atoms with Crippen molar-refractivity contribution < 1.29 is 19.0 Å². The number of hydrogen-bond donors (Lipinski definition) is 0. The van der Waals surface area contributed by atoms with Gasteiger partial charge in [-0.3, -0.25) is 4.79 Å². The van der Waals surface area contributed by atoms with Crippen molar-refractivity contribution in [1.29, 1.82) is 0 Å². The normalized spacial score (nSPS) is 20.0. The summed E-state index contributed by atoms with van der Waals surface area (Å²) in [7, 11) is 1.65. The van der Waals surface area contributed by atoms with Crippen molar-refractivity contribution in [1.82, 2.24) is 9.47 Å². The summed E-state index contributed by atoms with van der Waals surface area (Å²) in [5, 5.41) is 0. The first-order valence-corrected chi connectivity index (χ1v) is 9.20. The highest BCUT2D eigenvalue weighted by molar-refractivity contribution is 5.56. The predicted octanol–water partition coefficient (Wildman–Crippen LogP) is 3.53. The minimum Gasteiger partial charge on any atom is -0.496 e. The number of amides is 1. The average Bonchev–Trinajstić information content (AvgIpc) is 3.40. The smallest absolute Gasteiger partial charge is 0.231 e. The molecule has 0 saturated carbocycles. The second kappa shape index (κ2) is 6.64. The first kappa shape index (κ1) is 16.7. The fraction of sp³-hybridized carbons (Fsp3) is 0.227. The van der Waals surface area contributed by atoms with Gasteiger partial charge in [-0.25, -0.2) is 0 Å². The Balaban J connectivity index is 1.64. The van der Waals surface area contributed by atoms with E-state index in [1.54, 1.807) is 7.11 Å². The molecule has 2 atom stereocenters. The summed E-state index contributed by atoms with van der Waals surface area (Å²) < 4.78 is 18.8. The van der Waals surface area contributed by atoms with Crippen LogP contribution in [0.3, 0.4) is 0 Å². The lowest BCUT2D eigenvalue weighted by molar-refractivity contribution is -0.123. The predicted molar refractivity (Wildman–Crippen MR) is 102 cm³/mol. The van der Waals surface area contributed by atoms with E-state index in [1.807, 2.05) is 53.4 Å². The van der Waals surface area contributed by atoms with Crippen LogP contribution < -0.4 is 14.2 Å². The number of nitrogens with zero attached hydrogens (tertiary/aromatic N) is 2. The minimum atomic E-state index is -0.243. The molecule has 2 aliphatic heterocycles. The molecule has 0 fully saturated rings.